The first-order valence-electron chi connectivity index (χ1n) is 8.68. The molecule has 28 heavy (non-hydrogen) atoms. The van der Waals surface area contributed by atoms with Gasteiger partial charge in [0, 0.05) is 10.7 Å². The average Bonchev–Trinajstić information content (AvgIpc) is 2.97. The number of nitrogens with zero attached hydrogens (tertiary/aromatic N) is 1. The van der Waals surface area contributed by atoms with Crippen molar-refractivity contribution in [3.63, 3.8) is 0 Å². The molecule has 1 aliphatic rings. The molecule has 1 heterocycles. The van der Waals surface area contributed by atoms with Crippen LogP contribution in [0, 0.1) is 0 Å². The fourth-order valence-electron chi connectivity index (χ4n) is 2.62. The third kappa shape index (κ3) is 4.61. The Morgan fingerprint density at radius 1 is 1.14 bits per heavy atom. The van der Waals surface area contributed by atoms with E-state index in [1.807, 2.05) is 0 Å². The summed E-state index contributed by atoms with van der Waals surface area (Å²) in [5.41, 5.74) is 0.255. The van der Waals surface area contributed by atoms with Crippen LogP contribution in [-0.2, 0) is 16.1 Å². The van der Waals surface area contributed by atoms with Crippen LogP contribution in [0.1, 0.15) is 19.4 Å². The van der Waals surface area contributed by atoms with Crippen LogP contribution in [0.3, 0.4) is 0 Å². The van der Waals surface area contributed by atoms with Crippen LogP contribution in [0.5, 0.6) is 5.75 Å². The molecule has 3 rings (SSSR count). The molecule has 0 atom stereocenters. The van der Waals surface area contributed by atoms with Crippen LogP contribution in [0.4, 0.5) is 10.5 Å². The lowest BCUT2D eigenvalue weighted by molar-refractivity contribution is -0.128. The predicted octanol–water partition coefficient (Wildman–Crippen LogP) is 3.19. The molecule has 0 aliphatic carbocycles. The van der Waals surface area contributed by atoms with Gasteiger partial charge in [0.05, 0.1) is 13.1 Å². The van der Waals surface area contributed by atoms with E-state index >= 15 is 0 Å². The van der Waals surface area contributed by atoms with Crippen LogP contribution < -0.4 is 15.4 Å². The summed E-state index contributed by atoms with van der Waals surface area (Å²) in [5, 5.41) is 5.86. The number of urea groups is 1. The van der Waals surface area contributed by atoms with Crippen molar-refractivity contribution in [3.8, 4) is 5.75 Å². The summed E-state index contributed by atoms with van der Waals surface area (Å²) in [6.45, 7) is 3.55. The second kappa shape index (κ2) is 7.90. The summed E-state index contributed by atoms with van der Waals surface area (Å²) in [7, 11) is 0. The quantitative estimate of drug-likeness (QED) is 0.727. The van der Waals surface area contributed by atoms with E-state index in [4.69, 9.17) is 16.3 Å². The molecule has 146 valence electrons. The summed E-state index contributed by atoms with van der Waals surface area (Å²) in [6.07, 6.45) is 0. The highest BCUT2D eigenvalue weighted by Gasteiger charge is 2.30. The van der Waals surface area contributed by atoms with Crippen LogP contribution in [0.25, 0.3) is 0 Å². The highest BCUT2D eigenvalue weighted by atomic mass is 35.5. The molecular weight excluding hydrogens is 382 g/mol. The topological polar surface area (TPSA) is 87.7 Å². The van der Waals surface area contributed by atoms with Gasteiger partial charge in [0.1, 0.15) is 5.75 Å². The smallest absolute Gasteiger partial charge is 0.324 e. The van der Waals surface area contributed by atoms with E-state index in [0.29, 0.717) is 16.5 Å². The molecule has 0 unspecified atom stereocenters. The number of halogens is 1. The van der Waals surface area contributed by atoms with E-state index in [9.17, 15) is 14.4 Å². The second-order valence-electron chi connectivity index (χ2n) is 6.86. The Kier molecular flexibility index (Phi) is 5.56. The monoisotopic (exact) mass is 401 g/mol. The molecule has 0 saturated carbocycles. The maximum absolute atomic E-state index is 12.6. The molecule has 0 radical (unpaired) electrons. The van der Waals surface area contributed by atoms with Crippen molar-refractivity contribution < 1.29 is 19.1 Å². The molecule has 2 aromatic rings. The van der Waals surface area contributed by atoms with E-state index in [2.05, 4.69) is 10.6 Å². The Hall–Kier alpha value is -3.06. The summed E-state index contributed by atoms with van der Waals surface area (Å²) in [4.78, 5) is 37.0. The van der Waals surface area contributed by atoms with E-state index < -0.39 is 11.6 Å². The first-order chi connectivity index (χ1) is 13.2. The van der Waals surface area contributed by atoms with E-state index in [0.717, 1.165) is 10.5 Å². The molecular formula is C20H20ClN3O4. The minimum Gasteiger partial charge on any atom is -0.478 e. The molecule has 0 aromatic heterocycles. The molecule has 2 aromatic carbocycles. The number of carbonyl (C=O) groups is 3. The Labute approximate surface area is 167 Å². The molecule has 0 bridgehead atoms. The van der Waals surface area contributed by atoms with Gasteiger partial charge in [0.15, 0.2) is 5.60 Å². The van der Waals surface area contributed by atoms with Gasteiger partial charge in [-0.25, -0.2) is 4.79 Å². The molecule has 4 amide bonds. The number of anilines is 1. The summed E-state index contributed by atoms with van der Waals surface area (Å²) in [5.74, 6) is -0.0405. The van der Waals surface area contributed by atoms with Gasteiger partial charge in [-0.05, 0) is 55.8 Å². The Bertz CT molecular complexity index is 879. The fourth-order valence-corrected chi connectivity index (χ4v) is 2.74. The molecule has 1 saturated heterocycles. The number of hydrogen-bond acceptors (Lipinski definition) is 4. The van der Waals surface area contributed by atoms with Crippen molar-refractivity contribution in [1.29, 1.82) is 0 Å². The van der Waals surface area contributed by atoms with Gasteiger partial charge in [-0.2, -0.15) is 0 Å². The number of imide groups is 1. The Balaban J connectivity index is 1.61. The van der Waals surface area contributed by atoms with Crippen molar-refractivity contribution in [2.45, 2.75) is 26.0 Å². The maximum atomic E-state index is 12.6. The number of hydrogen-bond donors (Lipinski definition) is 2. The van der Waals surface area contributed by atoms with E-state index in [-0.39, 0.29) is 24.9 Å². The van der Waals surface area contributed by atoms with E-state index in [1.54, 1.807) is 62.4 Å². The summed E-state index contributed by atoms with van der Waals surface area (Å²) < 4.78 is 5.77. The Morgan fingerprint density at radius 3 is 2.36 bits per heavy atom. The highest BCUT2D eigenvalue weighted by Crippen LogP contribution is 2.22. The van der Waals surface area contributed by atoms with Crippen molar-refractivity contribution >= 4 is 35.1 Å². The number of nitrogens with one attached hydrogen (secondary N) is 2. The lowest BCUT2D eigenvalue weighted by atomic mass is 10.1. The fraction of sp³-hybridized carbons (Fsp3) is 0.250. The van der Waals surface area contributed by atoms with Crippen molar-refractivity contribution in [2.75, 3.05) is 11.9 Å². The first kappa shape index (κ1) is 19.7. The molecule has 1 aliphatic heterocycles. The van der Waals surface area contributed by atoms with Gasteiger partial charge in [-0.3, -0.25) is 14.5 Å². The SMILES string of the molecule is CC(C)(Oc1ccc(Cl)cc1)C(=O)Nc1ccc(CN2C(=O)CNC2=O)cc1. The molecule has 0 spiro atoms. The lowest BCUT2D eigenvalue weighted by Gasteiger charge is -2.25. The number of benzene rings is 2. The molecule has 8 heteroatoms. The number of carbonyl (C=O) groups excluding carboxylic acids is 3. The van der Waals surface area contributed by atoms with Crippen molar-refractivity contribution in [1.82, 2.24) is 10.2 Å². The first-order valence-corrected chi connectivity index (χ1v) is 9.05. The average molecular weight is 402 g/mol. The van der Waals surface area contributed by atoms with Gasteiger partial charge in [-0.1, -0.05) is 23.7 Å². The van der Waals surface area contributed by atoms with Crippen LogP contribution in [0.15, 0.2) is 48.5 Å². The largest absolute Gasteiger partial charge is 0.478 e. The van der Waals surface area contributed by atoms with E-state index in [1.165, 1.54) is 0 Å². The molecule has 1 fully saturated rings. The number of rotatable bonds is 6. The van der Waals surface area contributed by atoms with Gasteiger partial charge in [0.25, 0.3) is 5.91 Å². The minimum atomic E-state index is -1.10. The van der Waals surface area contributed by atoms with Crippen LogP contribution in [0.2, 0.25) is 5.02 Å². The third-order valence-corrected chi connectivity index (χ3v) is 4.47. The number of amides is 4. The molecule has 7 nitrogen and oxygen atoms in total. The standard InChI is InChI=1S/C20H20ClN3O4/c1-20(2,28-16-9-5-14(21)6-10-16)18(26)23-15-7-3-13(4-8-15)12-24-17(25)11-22-19(24)27/h3-10H,11-12H2,1-2H3,(H,22,27)(H,23,26). The Morgan fingerprint density at radius 2 is 1.79 bits per heavy atom. The zero-order valence-electron chi connectivity index (χ0n) is 15.5. The molecule has 2 N–H and O–H groups in total. The minimum absolute atomic E-state index is 0.0235. The lowest BCUT2D eigenvalue weighted by Crippen LogP contribution is -2.42. The van der Waals surface area contributed by atoms with Crippen molar-refractivity contribution in [3.05, 3.63) is 59.1 Å². The maximum Gasteiger partial charge on any atom is 0.324 e. The van der Waals surface area contributed by atoms with Crippen LogP contribution in [-0.4, -0.2) is 34.9 Å². The number of ether oxygens (including phenoxy) is 1. The predicted molar refractivity (Wildman–Crippen MR) is 105 cm³/mol. The van der Waals surface area contributed by atoms with Gasteiger partial charge >= 0.3 is 6.03 Å². The zero-order chi connectivity index (χ0) is 20.3. The zero-order valence-corrected chi connectivity index (χ0v) is 16.2. The highest BCUT2D eigenvalue weighted by molar-refractivity contribution is 6.30. The van der Waals surface area contributed by atoms with Gasteiger partial charge in [-0.15, -0.1) is 0 Å². The normalized spacial score (nSPS) is 14.0. The van der Waals surface area contributed by atoms with Crippen molar-refractivity contribution in [2.24, 2.45) is 0 Å². The van der Waals surface area contributed by atoms with Crippen LogP contribution >= 0.6 is 11.6 Å². The second-order valence-corrected chi connectivity index (χ2v) is 7.29. The summed E-state index contributed by atoms with van der Waals surface area (Å²) in [6, 6.07) is 13.3. The van der Waals surface area contributed by atoms with Gasteiger partial charge in [0.2, 0.25) is 5.91 Å². The third-order valence-electron chi connectivity index (χ3n) is 4.22. The summed E-state index contributed by atoms with van der Waals surface area (Å²) >= 11 is 5.86. The van der Waals surface area contributed by atoms with Gasteiger partial charge < -0.3 is 15.4 Å².